The molecule has 0 atom stereocenters. The highest BCUT2D eigenvalue weighted by atomic mass is 16.2. The van der Waals surface area contributed by atoms with Gasteiger partial charge in [-0.05, 0) is 56.4 Å². The minimum absolute atomic E-state index is 0.0154. The Balaban J connectivity index is 1.68. The Hall–Kier alpha value is -2.35. The maximum absolute atomic E-state index is 12.6. The number of rotatable bonds is 3. The van der Waals surface area contributed by atoms with E-state index in [0.717, 1.165) is 32.4 Å². The predicted molar refractivity (Wildman–Crippen MR) is 81.9 cm³/mol. The van der Waals surface area contributed by atoms with E-state index in [1.54, 1.807) is 24.3 Å². The first-order valence-corrected chi connectivity index (χ1v) is 7.77. The molecule has 0 unspecified atom stereocenters. The van der Waals surface area contributed by atoms with Crippen molar-refractivity contribution in [3.8, 4) is 6.07 Å². The van der Waals surface area contributed by atoms with Crippen molar-refractivity contribution in [2.24, 2.45) is 5.41 Å². The van der Waals surface area contributed by atoms with Crippen LogP contribution < -0.4 is 5.32 Å². The molecule has 1 aliphatic heterocycles. The number of carbonyl (C=O) groups excluding carboxylic acids is 2. The maximum atomic E-state index is 12.6. The molecule has 0 bridgehead atoms. The lowest BCUT2D eigenvalue weighted by Gasteiger charge is -2.30. The van der Waals surface area contributed by atoms with Crippen LogP contribution in [0.2, 0.25) is 0 Å². The minimum Gasteiger partial charge on any atom is -0.342 e. The lowest BCUT2D eigenvalue weighted by Crippen LogP contribution is -2.45. The molecule has 1 saturated carbocycles. The minimum atomic E-state index is -0.856. The van der Waals surface area contributed by atoms with Crippen LogP contribution in [0, 0.1) is 16.7 Å². The average Bonchev–Trinajstić information content (AvgIpc) is 3.37. The second-order valence-electron chi connectivity index (χ2n) is 6.08. The summed E-state index contributed by atoms with van der Waals surface area (Å²) in [4.78, 5) is 27.0. The van der Waals surface area contributed by atoms with E-state index in [2.05, 4.69) is 5.32 Å². The molecule has 3 rings (SSSR count). The summed E-state index contributed by atoms with van der Waals surface area (Å²) in [6.07, 6.45) is 4.47. The second kappa shape index (κ2) is 5.80. The molecule has 1 saturated heterocycles. The number of anilines is 1. The lowest BCUT2D eigenvalue weighted by atomic mass is 10.0. The molecule has 1 N–H and O–H groups in total. The first-order valence-electron chi connectivity index (χ1n) is 7.77. The number of benzene rings is 1. The number of piperidine rings is 1. The fraction of sp³-hybridized carbons (Fsp3) is 0.471. The summed E-state index contributed by atoms with van der Waals surface area (Å²) in [6, 6.07) is 8.73. The Morgan fingerprint density at radius 1 is 1.09 bits per heavy atom. The third kappa shape index (κ3) is 2.69. The molecule has 0 spiro atoms. The summed E-state index contributed by atoms with van der Waals surface area (Å²) in [5.41, 5.74) is 0.316. The number of amides is 2. The summed E-state index contributed by atoms with van der Waals surface area (Å²) in [7, 11) is 0. The van der Waals surface area contributed by atoms with Gasteiger partial charge in [-0.1, -0.05) is 0 Å². The smallest absolute Gasteiger partial charge is 0.240 e. The molecule has 1 heterocycles. The zero-order chi connectivity index (χ0) is 15.6. The molecule has 2 aliphatic rings. The molecule has 5 heteroatoms. The third-order valence-electron chi connectivity index (χ3n) is 4.51. The van der Waals surface area contributed by atoms with Gasteiger partial charge in [-0.25, -0.2) is 0 Å². The van der Waals surface area contributed by atoms with E-state index < -0.39 is 5.41 Å². The van der Waals surface area contributed by atoms with Crippen LogP contribution in [0.25, 0.3) is 0 Å². The van der Waals surface area contributed by atoms with Gasteiger partial charge in [0.1, 0.15) is 5.41 Å². The van der Waals surface area contributed by atoms with E-state index in [1.165, 1.54) is 0 Å². The first-order chi connectivity index (χ1) is 10.7. The van der Waals surface area contributed by atoms with Crippen molar-refractivity contribution in [2.75, 3.05) is 18.4 Å². The van der Waals surface area contributed by atoms with Crippen molar-refractivity contribution in [2.45, 2.75) is 32.1 Å². The number of nitrogens with zero attached hydrogens (tertiary/aromatic N) is 2. The largest absolute Gasteiger partial charge is 0.342 e. The SMILES string of the molecule is N#Cc1ccc(NC(=O)C2(C(=O)N3CCCCC3)CC2)cc1. The summed E-state index contributed by atoms with van der Waals surface area (Å²) < 4.78 is 0. The average molecular weight is 297 g/mol. The zero-order valence-corrected chi connectivity index (χ0v) is 12.5. The lowest BCUT2D eigenvalue weighted by molar-refractivity contribution is -0.143. The summed E-state index contributed by atoms with van der Waals surface area (Å²) in [5, 5.41) is 11.6. The van der Waals surface area contributed by atoms with Crippen molar-refractivity contribution in [1.82, 2.24) is 4.90 Å². The van der Waals surface area contributed by atoms with E-state index in [9.17, 15) is 9.59 Å². The first kappa shape index (κ1) is 14.6. The fourth-order valence-corrected chi connectivity index (χ4v) is 2.94. The Morgan fingerprint density at radius 2 is 1.73 bits per heavy atom. The van der Waals surface area contributed by atoms with Crippen molar-refractivity contribution in [3.05, 3.63) is 29.8 Å². The molecule has 22 heavy (non-hydrogen) atoms. The predicted octanol–water partition coefficient (Wildman–Crippen LogP) is 2.29. The van der Waals surface area contributed by atoms with Gasteiger partial charge >= 0.3 is 0 Å². The number of likely N-dealkylation sites (tertiary alicyclic amines) is 1. The summed E-state index contributed by atoms with van der Waals surface area (Å²) in [5.74, 6) is -0.230. The normalized spacial score (nSPS) is 19.1. The van der Waals surface area contributed by atoms with Crippen LogP contribution >= 0.6 is 0 Å². The van der Waals surface area contributed by atoms with E-state index in [4.69, 9.17) is 5.26 Å². The third-order valence-corrected chi connectivity index (χ3v) is 4.51. The Labute approximate surface area is 129 Å². The van der Waals surface area contributed by atoms with Gasteiger partial charge in [0.15, 0.2) is 0 Å². The highest BCUT2D eigenvalue weighted by Crippen LogP contribution is 2.48. The van der Waals surface area contributed by atoms with Crippen LogP contribution in [-0.4, -0.2) is 29.8 Å². The van der Waals surface area contributed by atoms with Gasteiger partial charge in [-0.3, -0.25) is 9.59 Å². The highest BCUT2D eigenvalue weighted by molar-refractivity contribution is 6.13. The van der Waals surface area contributed by atoms with Gasteiger partial charge in [0, 0.05) is 18.8 Å². The zero-order valence-electron chi connectivity index (χ0n) is 12.5. The highest BCUT2D eigenvalue weighted by Gasteiger charge is 2.58. The summed E-state index contributed by atoms with van der Waals surface area (Å²) >= 11 is 0. The standard InChI is InChI=1S/C17H19N3O2/c18-12-13-4-6-14(7-5-13)19-15(21)17(8-9-17)16(22)20-10-2-1-3-11-20/h4-7H,1-3,8-11H2,(H,19,21). The molecule has 1 aliphatic carbocycles. The number of nitrogens with one attached hydrogen (secondary N) is 1. The molecule has 2 amide bonds. The van der Waals surface area contributed by atoms with Crippen molar-refractivity contribution >= 4 is 17.5 Å². The van der Waals surface area contributed by atoms with Crippen LogP contribution in [0.4, 0.5) is 5.69 Å². The van der Waals surface area contributed by atoms with Crippen LogP contribution in [0.15, 0.2) is 24.3 Å². The number of nitriles is 1. The van der Waals surface area contributed by atoms with Gasteiger partial charge in [0.05, 0.1) is 11.6 Å². The number of hydrogen-bond acceptors (Lipinski definition) is 3. The molecule has 0 radical (unpaired) electrons. The maximum Gasteiger partial charge on any atom is 0.240 e. The Bertz CT molecular complexity index is 620. The molecular formula is C17H19N3O2. The topological polar surface area (TPSA) is 73.2 Å². The Morgan fingerprint density at radius 3 is 2.27 bits per heavy atom. The molecule has 1 aromatic carbocycles. The number of carbonyl (C=O) groups is 2. The van der Waals surface area contributed by atoms with Crippen LogP contribution in [0.1, 0.15) is 37.7 Å². The van der Waals surface area contributed by atoms with Crippen LogP contribution in [0.5, 0.6) is 0 Å². The molecular weight excluding hydrogens is 278 g/mol. The van der Waals surface area contributed by atoms with Gasteiger partial charge < -0.3 is 10.2 Å². The van der Waals surface area contributed by atoms with Crippen LogP contribution in [0.3, 0.4) is 0 Å². The van der Waals surface area contributed by atoms with Gasteiger partial charge in [0.2, 0.25) is 11.8 Å². The van der Waals surface area contributed by atoms with Gasteiger partial charge in [0.25, 0.3) is 0 Å². The van der Waals surface area contributed by atoms with E-state index in [1.807, 2.05) is 11.0 Å². The Kier molecular flexibility index (Phi) is 3.84. The monoisotopic (exact) mass is 297 g/mol. The van der Waals surface area contributed by atoms with Gasteiger partial charge in [-0.15, -0.1) is 0 Å². The van der Waals surface area contributed by atoms with E-state index in [-0.39, 0.29) is 11.8 Å². The van der Waals surface area contributed by atoms with Crippen molar-refractivity contribution < 1.29 is 9.59 Å². The second-order valence-corrected chi connectivity index (χ2v) is 6.08. The molecule has 0 aromatic heterocycles. The van der Waals surface area contributed by atoms with Gasteiger partial charge in [-0.2, -0.15) is 5.26 Å². The number of hydrogen-bond donors (Lipinski definition) is 1. The quantitative estimate of drug-likeness (QED) is 0.870. The molecule has 5 nitrogen and oxygen atoms in total. The fourth-order valence-electron chi connectivity index (χ4n) is 2.94. The van der Waals surface area contributed by atoms with E-state index in [0.29, 0.717) is 24.1 Å². The molecule has 1 aromatic rings. The summed E-state index contributed by atoms with van der Waals surface area (Å²) in [6.45, 7) is 1.54. The van der Waals surface area contributed by atoms with E-state index >= 15 is 0 Å². The molecule has 114 valence electrons. The van der Waals surface area contributed by atoms with Crippen molar-refractivity contribution in [3.63, 3.8) is 0 Å². The van der Waals surface area contributed by atoms with Crippen LogP contribution in [-0.2, 0) is 9.59 Å². The van der Waals surface area contributed by atoms with Crippen molar-refractivity contribution in [1.29, 1.82) is 5.26 Å². The molecule has 2 fully saturated rings.